The Hall–Kier alpha value is -1.53. The molecule has 1 heterocycles. The molecule has 102 valence electrons. The number of thiazole rings is 1. The Labute approximate surface area is 114 Å². The highest BCUT2D eigenvalue weighted by Crippen LogP contribution is 2.19. The summed E-state index contributed by atoms with van der Waals surface area (Å²) in [5.41, 5.74) is 3.80. The van der Waals surface area contributed by atoms with Crippen molar-refractivity contribution in [2.75, 3.05) is 0 Å². The molecule has 0 fully saturated rings. The first-order chi connectivity index (χ1) is 9.15. The maximum Gasteiger partial charge on any atom is 0.387 e. The van der Waals surface area contributed by atoms with Gasteiger partial charge in [0.15, 0.2) is 0 Å². The van der Waals surface area contributed by atoms with Crippen LogP contribution in [0.25, 0.3) is 0 Å². The van der Waals surface area contributed by atoms with Crippen LogP contribution in [0.3, 0.4) is 0 Å². The van der Waals surface area contributed by atoms with E-state index in [0.717, 1.165) is 11.3 Å². The fraction of sp³-hybridized carbons (Fsp3) is 0.308. The van der Waals surface area contributed by atoms with Gasteiger partial charge in [-0.25, -0.2) is 4.98 Å². The fourth-order valence-corrected chi connectivity index (χ4v) is 2.20. The molecule has 0 saturated carbocycles. The van der Waals surface area contributed by atoms with Crippen LogP contribution in [0.1, 0.15) is 24.2 Å². The highest BCUT2D eigenvalue weighted by atomic mass is 32.1. The third-order valence-corrected chi connectivity index (χ3v) is 3.31. The van der Waals surface area contributed by atoms with Crippen molar-refractivity contribution in [3.8, 4) is 5.75 Å². The minimum absolute atomic E-state index is 0.113. The van der Waals surface area contributed by atoms with Gasteiger partial charge in [-0.05, 0) is 24.6 Å². The normalized spacial score (nSPS) is 12.6. The van der Waals surface area contributed by atoms with E-state index in [1.54, 1.807) is 41.1 Å². The molecule has 1 N–H and O–H groups in total. The van der Waals surface area contributed by atoms with Gasteiger partial charge in [-0.2, -0.15) is 8.78 Å². The molecule has 0 aliphatic carbocycles. The maximum atomic E-state index is 12.0. The fourth-order valence-electron chi connectivity index (χ4n) is 1.64. The molecule has 1 aromatic heterocycles. The third-order valence-electron chi connectivity index (χ3n) is 2.68. The largest absolute Gasteiger partial charge is 0.435 e. The highest BCUT2D eigenvalue weighted by molar-refractivity contribution is 7.07. The van der Waals surface area contributed by atoms with Crippen LogP contribution in [0.15, 0.2) is 35.2 Å². The molecule has 19 heavy (non-hydrogen) atoms. The molecule has 0 amide bonds. The predicted molar refractivity (Wildman–Crippen MR) is 70.4 cm³/mol. The summed E-state index contributed by atoms with van der Waals surface area (Å²) < 4.78 is 28.3. The Kier molecular flexibility index (Phi) is 4.81. The minimum atomic E-state index is -2.79. The SMILES string of the molecule is CC(NCc1cscn1)c1ccc(OC(F)F)cc1. The Morgan fingerprint density at radius 2 is 2.05 bits per heavy atom. The Bertz CT molecular complexity index is 488. The number of hydrogen-bond acceptors (Lipinski definition) is 4. The summed E-state index contributed by atoms with van der Waals surface area (Å²) in [5.74, 6) is 0.172. The van der Waals surface area contributed by atoms with Crippen molar-refractivity contribution in [2.45, 2.75) is 26.1 Å². The molecule has 6 heteroatoms. The second kappa shape index (κ2) is 6.58. The summed E-state index contributed by atoms with van der Waals surface area (Å²) in [6.07, 6.45) is 0. The molecule has 1 unspecified atom stereocenters. The van der Waals surface area contributed by atoms with Gasteiger partial charge in [-0.15, -0.1) is 11.3 Å². The van der Waals surface area contributed by atoms with Gasteiger partial charge in [0.2, 0.25) is 0 Å². The summed E-state index contributed by atoms with van der Waals surface area (Å²) in [6.45, 7) is -0.0963. The standard InChI is InChI=1S/C13H14F2N2OS/c1-9(16-6-11-7-19-8-17-11)10-2-4-12(5-3-10)18-13(14)15/h2-5,7-9,13,16H,6H2,1H3. The molecule has 3 nitrogen and oxygen atoms in total. The zero-order valence-corrected chi connectivity index (χ0v) is 11.2. The van der Waals surface area contributed by atoms with E-state index in [0.29, 0.717) is 6.54 Å². The van der Waals surface area contributed by atoms with E-state index in [1.807, 2.05) is 12.3 Å². The number of hydrogen-bond donors (Lipinski definition) is 1. The van der Waals surface area contributed by atoms with E-state index in [2.05, 4.69) is 15.0 Å². The van der Waals surface area contributed by atoms with Gasteiger partial charge >= 0.3 is 6.61 Å². The first-order valence-corrected chi connectivity index (χ1v) is 6.74. The second-order valence-corrected chi connectivity index (χ2v) is 4.75. The molecule has 1 atom stereocenters. The van der Waals surface area contributed by atoms with Gasteiger partial charge < -0.3 is 10.1 Å². The highest BCUT2D eigenvalue weighted by Gasteiger charge is 2.07. The zero-order valence-electron chi connectivity index (χ0n) is 10.3. The molecule has 2 rings (SSSR count). The van der Waals surface area contributed by atoms with Crippen molar-refractivity contribution in [1.82, 2.24) is 10.3 Å². The van der Waals surface area contributed by atoms with E-state index >= 15 is 0 Å². The van der Waals surface area contributed by atoms with E-state index in [9.17, 15) is 8.78 Å². The lowest BCUT2D eigenvalue weighted by molar-refractivity contribution is -0.0498. The second-order valence-electron chi connectivity index (χ2n) is 4.03. The summed E-state index contributed by atoms with van der Waals surface area (Å²) in [7, 11) is 0. The Morgan fingerprint density at radius 1 is 1.32 bits per heavy atom. The van der Waals surface area contributed by atoms with Crippen LogP contribution in [0.4, 0.5) is 8.78 Å². The lowest BCUT2D eigenvalue weighted by Gasteiger charge is -2.14. The molecule has 1 aromatic carbocycles. The van der Waals surface area contributed by atoms with E-state index in [4.69, 9.17) is 0 Å². The molecule has 0 aliphatic rings. The summed E-state index contributed by atoms with van der Waals surface area (Å²) in [5, 5.41) is 5.30. The molecular formula is C13H14F2N2OS. The van der Waals surface area contributed by atoms with Gasteiger partial charge in [0.25, 0.3) is 0 Å². The number of nitrogens with zero attached hydrogens (tertiary/aromatic N) is 1. The minimum Gasteiger partial charge on any atom is -0.435 e. The van der Waals surface area contributed by atoms with E-state index in [-0.39, 0.29) is 11.8 Å². The number of alkyl halides is 2. The van der Waals surface area contributed by atoms with Gasteiger partial charge in [0.05, 0.1) is 11.2 Å². The van der Waals surface area contributed by atoms with Crippen LogP contribution in [-0.2, 0) is 6.54 Å². The van der Waals surface area contributed by atoms with E-state index in [1.165, 1.54) is 0 Å². The van der Waals surface area contributed by atoms with Crippen molar-refractivity contribution >= 4 is 11.3 Å². The molecule has 0 spiro atoms. The first-order valence-electron chi connectivity index (χ1n) is 5.80. The van der Waals surface area contributed by atoms with Crippen molar-refractivity contribution in [2.24, 2.45) is 0 Å². The van der Waals surface area contributed by atoms with Gasteiger partial charge in [-0.1, -0.05) is 12.1 Å². The van der Waals surface area contributed by atoms with Crippen LogP contribution < -0.4 is 10.1 Å². The molecule has 0 radical (unpaired) electrons. The van der Waals surface area contributed by atoms with Crippen LogP contribution >= 0.6 is 11.3 Å². The monoisotopic (exact) mass is 284 g/mol. The van der Waals surface area contributed by atoms with Crippen LogP contribution in [0.5, 0.6) is 5.75 Å². The average molecular weight is 284 g/mol. The lowest BCUT2D eigenvalue weighted by atomic mass is 10.1. The molecule has 0 saturated heterocycles. The van der Waals surface area contributed by atoms with Crippen molar-refractivity contribution < 1.29 is 13.5 Å². The third kappa shape index (κ3) is 4.25. The van der Waals surface area contributed by atoms with Crippen molar-refractivity contribution in [3.63, 3.8) is 0 Å². The number of benzene rings is 1. The van der Waals surface area contributed by atoms with Crippen LogP contribution in [0.2, 0.25) is 0 Å². The lowest BCUT2D eigenvalue weighted by Crippen LogP contribution is -2.18. The van der Waals surface area contributed by atoms with Gasteiger partial charge in [0, 0.05) is 18.0 Å². The number of nitrogens with one attached hydrogen (secondary N) is 1. The smallest absolute Gasteiger partial charge is 0.387 e. The average Bonchev–Trinajstić information content (AvgIpc) is 2.89. The van der Waals surface area contributed by atoms with Crippen molar-refractivity contribution in [1.29, 1.82) is 0 Å². The predicted octanol–water partition coefficient (Wildman–Crippen LogP) is 3.60. The summed E-state index contributed by atoms with van der Waals surface area (Å²) >= 11 is 1.56. The van der Waals surface area contributed by atoms with Crippen LogP contribution in [-0.4, -0.2) is 11.6 Å². The van der Waals surface area contributed by atoms with Gasteiger partial charge in [-0.3, -0.25) is 0 Å². The van der Waals surface area contributed by atoms with Gasteiger partial charge in [0.1, 0.15) is 5.75 Å². The molecular weight excluding hydrogens is 270 g/mol. The maximum absolute atomic E-state index is 12.0. The van der Waals surface area contributed by atoms with E-state index < -0.39 is 6.61 Å². The molecule has 0 bridgehead atoms. The quantitative estimate of drug-likeness (QED) is 0.880. The number of ether oxygens (including phenoxy) is 1. The summed E-state index contributed by atoms with van der Waals surface area (Å²) in [4.78, 5) is 4.18. The van der Waals surface area contributed by atoms with Crippen LogP contribution in [0, 0.1) is 0 Å². The Balaban J connectivity index is 1.90. The Morgan fingerprint density at radius 3 is 2.63 bits per heavy atom. The zero-order chi connectivity index (χ0) is 13.7. The topological polar surface area (TPSA) is 34.2 Å². The summed E-state index contributed by atoms with van der Waals surface area (Å²) in [6, 6.07) is 6.75. The molecule has 0 aliphatic heterocycles. The first kappa shape index (κ1) is 13.9. The van der Waals surface area contributed by atoms with Crippen molar-refractivity contribution in [3.05, 3.63) is 46.4 Å². The number of halogens is 2. The molecule has 2 aromatic rings. The number of rotatable bonds is 6. The number of aromatic nitrogens is 1.